The first kappa shape index (κ1) is 7.58. The van der Waals surface area contributed by atoms with Crippen molar-refractivity contribution in [3.05, 3.63) is 0 Å². The number of hydrogen-bond acceptors (Lipinski definition) is 2. The van der Waals surface area contributed by atoms with Crippen LogP contribution in [0.3, 0.4) is 0 Å². The summed E-state index contributed by atoms with van der Waals surface area (Å²) in [6, 6.07) is 2.08. The van der Waals surface area contributed by atoms with Gasteiger partial charge in [0.15, 0.2) is 0 Å². The summed E-state index contributed by atoms with van der Waals surface area (Å²) in [7, 11) is 0. The highest BCUT2D eigenvalue weighted by atomic mass is 32.1. The molecule has 0 fully saturated rings. The molecule has 0 amide bonds. The van der Waals surface area contributed by atoms with Gasteiger partial charge in [0.2, 0.25) is 0 Å². The second-order valence-corrected chi connectivity index (χ2v) is 1.90. The van der Waals surface area contributed by atoms with Gasteiger partial charge in [0, 0.05) is 6.42 Å². The summed E-state index contributed by atoms with van der Waals surface area (Å²) in [6.07, 6.45) is 3.70. The average molecular weight is 127 g/mol. The minimum absolute atomic E-state index is 0.670. The third-order valence-corrected chi connectivity index (χ3v) is 1.10. The van der Waals surface area contributed by atoms with Gasteiger partial charge in [0.25, 0.3) is 0 Å². The first-order valence-corrected chi connectivity index (χ1v) is 3.19. The smallest absolute Gasteiger partial charge is 0.0621 e. The summed E-state index contributed by atoms with van der Waals surface area (Å²) < 4.78 is 0. The minimum atomic E-state index is 0.670. The molecule has 0 rings (SSSR count). The lowest BCUT2D eigenvalue weighted by Crippen LogP contribution is -1.73. The third-order valence-electron chi connectivity index (χ3n) is 0.861. The lowest BCUT2D eigenvalue weighted by atomic mass is 10.2. The van der Waals surface area contributed by atoms with Crippen molar-refractivity contribution in [2.24, 2.45) is 0 Å². The average Bonchev–Trinajstić information content (AvgIpc) is 1.81. The Kier molecular flexibility index (Phi) is 6.23. The van der Waals surface area contributed by atoms with Crippen molar-refractivity contribution >= 4 is 17.6 Å². The largest absolute Gasteiger partial charge is 0.198 e. The predicted molar refractivity (Wildman–Crippen MR) is 37.7 cm³/mol. The Hall–Kier alpha value is -0.420. The van der Waals surface area contributed by atoms with Gasteiger partial charge in [-0.15, -0.1) is 0 Å². The predicted octanol–water partition coefficient (Wildman–Crippen LogP) is 2.07. The van der Waals surface area contributed by atoms with E-state index in [1.807, 2.05) is 0 Å². The maximum Gasteiger partial charge on any atom is 0.0621 e. The van der Waals surface area contributed by atoms with Crippen molar-refractivity contribution in [2.45, 2.75) is 25.7 Å². The zero-order chi connectivity index (χ0) is 6.24. The normalized spacial score (nSPS) is 7.88. The molecule has 8 heavy (non-hydrogen) atoms. The Morgan fingerprint density at radius 1 is 1.50 bits per heavy atom. The van der Waals surface area contributed by atoms with Crippen LogP contribution in [0.25, 0.3) is 0 Å². The van der Waals surface area contributed by atoms with Crippen LogP contribution < -0.4 is 0 Å². The Labute approximate surface area is 55.3 Å². The van der Waals surface area contributed by atoms with Gasteiger partial charge >= 0.3 is 0 Å². The number of nitrogens with zero attached hydrogens (tertiary/aromatic N) is 1. The molecule has 0 aliphatic heterocycles. The molecular formula is C6H9NS. The molecule has 0 aliphatic rings. The van der Waals surface area contributed by atoms with Crippen molar-refractivity contribution in [3.63, 3.8) is 0 Å². The molecule has 2 heteroatoms. The lowest BCUT2D eigenvalue weighted by molar-refractivity contribution is 0.792. The van der Waals surface area contributed by atoms with E-state index in [9.17, 15) is 0 Å². The molecule has 0 unspecified atom stereocenters. The fraction of sp³-hybridized carbons (Fsp3) is 0.667. The minimum Gasteiger partial charge on any atom is -0.198 e. The van der Waals surface area contributed by atoms with Gasteiger partial charge in [-0.1, -0.05) is 12.2 Å². The second-order valence-electron chi connectivity index (χ2n) is 1.57. The fourth-order valence-corrected chi connectivity index (χ4v) is 0.598. The standard InChI is InChI=1S/C6H9NS/c7-5-3-1-2-4-6-8/h6H,1-4H2. The van der Waals surface area contributed by atoms with Crippen LogP contribution in [0.4, 0.5) is 0 Å². The van der Waals surface area contributed by atoms with Gasteiger partial charge in [-0.25, -0.2) is 0 Å². The molecule has 0 atom stereocenters. The summed E-state index contributed by atoms with van der Waals surface area (Å²) in [5, 5.41) is 9.80. The number of unbranched alkanes of at least 4 members (excludes halogenated alkanes) is 3. The van der Waals surface area contributed by atoms with Crippen LogP contribution >= 0.6 is 12.2 Å². The molecule has 0 aromatic carbocycles. The molecule has 0 heterocycles. The number of nitriles is 1. The zero-order valence-electron chi connectivity index (χ0n) is 4.76. The monoisotopic (exact) mass is 127 g/mol. The van der Waals surface area contributed by atoms with Gasteiger partial charge in [-0.05, 0) is 24.6 Å². The maximum atomic E-state index is 8.08. The molecule has 0 radical (unpaired) electrons. The van der Waals surface area contributed by atoms with E-state index in [4.69, 9.17) is 5.26 Å². The SMILES string of the molecule is N#CCCCCC=S. The Morgan fingerprint density at radius 3 is 2.75 bits per heavy atom. The highest BCUT2D eigenvalue weighted by molar-refractivity contribution is 7.78. The molecule has 0 spiro atoms. The van der Waals surface area contributed by atoms with Gasteiger partial charge < -0.3 is 0 Å². The topological polar surface area (TPSA) is 23.8 Å². The summed E-state index contributed by atoms with van der Waals surface area (Å²) in [6.45, 7) is 0. The van der Waals surface area contributed by atoms with Crippen LogP contribution in [-0.4, -0.2) is 5.37 Å². The van der Waals surface area contributed by atoms with Gasteiger partial charge in [-0.3, -0.25) is 0 Å². The summed E-state index contributed by atoms with van der Waals surface area (Å²) >= 11 is 4.59. The van der Waals surface area contributed by atoms with Crippen LogP contribution in [0.2, 0.25) is 0 Å². The Balaban J connectivity index is 2.74. The van der Waals surface area contributed by atoms with E-state index in [-0.39, 0.29) is 0 Å². The van der Waals surface area contributed by atoms with Crippen LogP contribution in [0.5, 0.6) is 0 Å². The first-order valence-electron chi connectivity index (χ1n) is 2.72. The third kappa shape index (κ3) is 5.58. The van der Waals surface area contributed by atoms with Gasteiger partial charge in [0.1, 0.15) is 0 Å². The van der Waals surface area contributed by atoms with E-state index < -0.39 is 0 Å². The Bertz CT molecular complexity index is 93.2. The molecule has 1 nitrogen and oxygen atoms in total. The highest BCUT2D eigenvalue weighted by Gasteiger charge is 1.81. The quantitative estimate of drug-likeness (QED) is 0.426. The number of rotatable bonds is 4. The highest BCUT2D eigenvalue weighted by Crippen LogP contribution is 1.95. The van der Waals surface area contributed by atoms with E-state index in [0.717, 1.165) is 19.3 Å². The summed E-state index contributed by atoms with van der Waals surface area (Å²) in [5.74, 6) is 0. The molecule has 0 saturated carbocycles. The molecule has 0 aliphatic carbocycles. The van der Waals surface area contributed by atoms with Gasteiger partial charge in [-0.2, -0.15) is 5.26 Å². The van der Waals surface area contributed by atoms with Crippen LogP contribution in [-0.2, 0) is 0 Å². The first-order chi connectivity index (χ1) is 3.91. The van der Waals surface area contributed by atoms with E-state index in [0.29, 0.717) is 6.42 Å². The Morgan fingerprint density at radius 2 is 2.25 bits per heavy atom. The van der Waals surface area contributed by atoms with Crippen molar-refractivity contribution in [3.8, 4) is 6.07 Å². The van der Waals surface area contributed by atoms with E-state index >= 15 is 0 Å². The summed E-state index contributed by atoms with van der Waals surface area (Å²) in [4.78, 5) is 0. The van der Waals surface area contributed by atoms with Gasteiger partial charge in [0.05, 0.1) is 6.07 Å². The molecule has 0 bridgehead atoms. The fourth-order valence-electron chi connectivity index (χ4n) is 0.432. The lowest BCUT2D eigenvalue weighted by Gasteiger charge is -1.85. The number of hydrogen-bond donors (Lipinski definition) is 0. The number of thiocarbonyl (C=S) groups is 1. The van der Waals surface area contributed by atoms with Crippen LogP contribution in [0, 0.1) is 11.3 Å². The van der Waals surface area contributed by atoms with Crippen molar-refractivity contribution in [1.29, 1.82) is 5.26 Å². The van der Waals surface area contributed by atoms with E-state index in [1.165, 1.54) is 0 Å². The van der Waals surface area contributed by atoms with Crippen LogP contribution in [0.1, 0.15) is 25.7 Å². The zero-order valence-corrected chi connectivity index (χ0v) is 5.58. The molecule has 0 aromatic rings. The molecule has 44 valence electrons. The molecule has 0 aromatic heterocycles. The summed E-state index contributed by atoms with van der Waals surface area (Å²) in [5.41, 5.74) is 0. The van der Waals surface area contributed by atoms with Crippen molar-refractivity contribution in [1.82, 2.24) is 0 Å². The van der Waals surface area contributed by atoms with E-state index in [1.54, 1.807) is 5.37 Å². The molecular weight excluding hydrogens is 118 g/mol. The van der Waals surface area contributed by atoms with Crippen molar-refractivity contribution < 1.29 is 0 Å². The van der Waals surface area contributed by atoms with E-state index in [2.05, 4.69) is 18.3 Å². The molecule has 0 saturated heterocycles. The van der Waals surface area contributed by atoms with Crippen molar-refractivity contribution in [2.75, 3.05) is 0 Å². The maximum absolute atomic E-state index is 8.08. The second kappa shape index (κ2) is 6.58. The van der Waals surface area contributed by atoms with Crippen LogP contribution in [0.15, 0.2) is 0 Å². The molecule has 0 N–H and O–H groups in total.